The van der Waals surface area contributed by atoms with Crippen LogP contribution in [0.4, 0.5) is 0 Å². The Bertz CT molecular complexity index is 833. The van der Waals surface area contributed by atoms with E-state index in [9.17, 15) is 4.79 Å². The highest BCUT2D eigenvalue weighted by molar-refractivity contribution is 6.30. The fourth-order valence-electron chi connectivity index (χ4n) is 5.19. The van der Waals surface area contributed by atoms with Gasteiger partial charge in [-0.15, -0.1) is 0 Å². The average molecular weight is 388 g/mol. The second-order valence-electron chi connectivity index (χ2n) is 7.74. The summed E-state index contributed by atoms with van der Waals surface area (Å²) in [4.78, 5) is 12.5. The van der Waals surface area contributed by atoms with Gasteiger partial charge in [-0.1, -0.05) is 41.4 Å². The Hall–Kier alpha value is -1.51. The summed E-state index contributed by atoms with van der Waals surface area (Å²) in [5, 5.41) is 4.70. The molecule has 2 fully saturated rings. The lowest BCUT2D eigenvalue weighted by atomic mass is 9.61. The third-order valence-corrected chi connectivity index (χ3v) is 6.76. The summed E-state index contributed by atoms with van der Waals surface area (Å²) >= 11 is 12.3. The number of fused-ring (bicyclic) bond motifs is 1. The molecule has 2 nitrogen and oxygen atoms in total. The van der Waals surface area contributed by atoms with Crippen LogP contribution in [0.25, 0.3) is 0 Å². The molecule has 1 saturated carbocycles. The standard InChI is InChI=1S/C22H23Cl2NO/c1-12-11-16(24)7-8-17(12)18-9-10-19-20(13(2)25-22(19)26)21(18)14-3-5-15(23)6-4-14/h3-8,11,13,18-21H,9-10H2,1-2H3,(H,25,26). The molecule has 1 aliphatic carbocycles. The van der Waals surface area contributed by atoms with Gasteiger partial charge in [0.1, 0.15) is 0 Å². The number of halogens is 2. The zero-order chi connectivity index (χ0) is 18.4. The zero-order valence-corrected chi connectivity index (χ0v) is 16.5. The first-order valence-corrected chi connectivity index (χ1v) is 10.0. The lowest BCUT2D eigenvalue weighted by Crippen LogP contribution is -2.35. The van der Waals surface area contributed by atoms with Gasteiger partial charge in [-0.25, -0.2) is 0 Å². The van der Waals surface area contributed by atoms with E-state index in [1.165, 1.54) is 16.7 Å². The van der Waals surface area contributed by atoms with Gasteiger partial charge < -0.3 is 5.32 Å². The van der Waals surface area contributed by atoms with Crippen LogP contribution in [0.3, 0.4) is 0 Å². The molecular formula is C22H23Cl2NO. The molecule has 4 rings (SSSR count). The molecule has 1 N–H and O–H groups in total. The van der Waals surface area contributed by atoms with Crippen molar-refractivity contribution in [2.75, 3.05) is 0 Å². The molecule has 0 aromatic heterocycles. The van der Waals surface area contributed by atoms with Gasteiger partial charge in [-0.3, -0.25) is 4.79 Å². The van der Waals surface area contributed by atoms with E-state index in [1.807, 2.05) is 24.3 Å². The quantitative estimate of drug-likeness (QED) is 0.701. The number of aryl methyl sites for hydroxylation is 1. The number of carbonyl (C=O) groups is 1. The molecular weight excluding hydrogens is 365 g/mol. The minimum atomic E-state index is 0.106. The van der Waals surface area contributed by atoms with E-state index in [-0.39, 0.29) is 17.9 Å². The Balaban J connectivity index is 1.81. The van der Waals surface area contributed by atoms with E-state index in [2.05, 4.69) is 37.4 Å². The maximum absolute atomic E-state index is 12.5. The topological polar surface area (TPSA) is 29.1 Å². The monoisotopic (exact) mass is 387 g/mol. The molecule has 1 amide bonds. The van der Waals surface area contributed by atoms with Crippen molar-refractivity contribution in [1.29, 1.82) is 0 Å². The van der Waals surface area contributed by atoms with Gasteiger partial charge in [0.2, 0.25) is 5.91 Å². The molecule has 2 aromatic rings. The van der Waals surface area contributed by atoms with E-state index in [4.69, 9.17) is 23.2 Å². The van der Waals surface area contributed by atoms with Gasteiger partial charge in [0.25, 0.3) is 0 Å². The molecule has 0 bridgehead atoms. The fourth-order valence-corrected chi connectivity index (χ4v) is 5.54. The summed E-state index contributed by atoms with van der Waals surface area (Å²) in [6.07, 6.45) is 1.95. The van der Waals surface area contributed by atoms with E-state index in [0.717, 1.165) is 22.9 Å². The summed E-state index contributed by atoms with van der Waals surface area (Å²) in [6.45, 7) is 4.27. The summed E-state index contributed by atoms with van der Waals surface area (Å²) in [6, 6.07) is 14.6. The van der Waals surface area contributed by atoms with E-state index >= 15 is 0 Å². The maximum atomic E-state index is 12.5. The fraction of sp³-hybridized carbons (Fsp3) is 0.409. The lowest BCUT2D eigenvalue weighted by molar-refractivity contribution is -0.123. The van der Waals surface area contributed by atoms with Crippen LogP contribution >= 0.6 is 23.2 Å². The highest BCUT2D eigenvalue weighted by atomic mass is 35.5. The molecule has 2 aromatic carbocycles. The van der Waals surface area contributed by atoms with Gasteiger partial charge in [-0.2, -0.15) is 0 Å². The Morgan fingerprint density at radius 2 is 1.62 bits per heavy atom. The number of benzene rings is 2. The van der Waals surface area contributed by atoms with Crippen LogP contribution in [0.1, 0.15) is 48.3 Å². The third kappa shape index (κ3) is 3.04. The molecule has 5 unspecified atom stereocenters. The molecule has 4 heteroatoms. The number of amides is 1. The van der Waals surface area contributed by atoms with Crippen molar-refractivity contribution in [1.82, 2.24) is 5.32 Å². The van der Waals surface area contributed by atoms with Gasteiger partial charge in [0.15, 0.2) is 0 Å². The first kappa shape index (κ1) is 17.9. The Labute approximate surface area is 164 Å². The molecule has 26 heavy (non-hydrogen) atoms. The average Bonchev–Trinajstić information content (AvgIpc) is 2.90. The van der Waals surface area contributed by atoms with Crippen molar-refractivity contribution in [3.63, 3.8) is 0 Å². The summed E-state index contributed by atoms with van der Waals surface area (Å²) in [7, 11) is 0. The normalized spacial score (nSPS) is 30.8. The van der Waals surface area contributed by atoms with E-state index < -0.39 is 0 Å². The van der Waals surface area contributed by atoms with Crippen molar-refractivity contribution in [2.24, 2.45) is 11.8 Å². The minimum absolute atomic E-state index is 0.106. The summed E-state index contributed by atoms with van der Waals surface area (Å²) in [5.41, 5.74) is 3.84. The van der Waals surface area contributed by atoms with Crippen LogP contribution in [0.5, 0.6) is 0 Å². The molecule has 1 heterocycles. The smallest absolute Gasteiger partial charge is 0.223 e. The molecule has 1 aliphatic heterocycles. The van der Waals surface area contributed by atoms with Gasteiger partial charge >= 0.3 is 0 Å². The third-order valence-electron chi connectivity index (χ3n) is 6.27. The second kappa shape index (κ2) is 6.90. The zero-order valence-electron chi connectivity index (χ0n) is 15.0. The molecule has 136 valence electrons. The van der Waals surface area contributed by atoms with Crippen molar-refractivity contribution in [2.45, 2.75) is 44.6 Å². The second-order valence-corrected chi connectivity index (χ2v) is 8.62. The predicted molar refractivity (Wildman–Crippen MR) is 107 cm³/mol. The van der Waals surface area contributed by atoms with Gasteiger partial charge in [0, 0.05) is 22.0 Å². The van der Waals surface area contributed by atoms with E-state index in [0.29, 0.717) is 17.8 Å². The van der Waals surface area contributed by atoms with Crippen molar-refractivity contribution in [3.8, 4) is 0 Å². The predicted octanol–water partition coefficient (Wildman–Crippen LogP) is 5.71. The number of carbonyl (C=O) groups excluding carboxylic acids is 1. The lowest BCUT2D eigenvalue weighted by Gasteiger charge is -2.41. The first-order valence-electron chi connectivity index (χ1n) is 9.27. The Morgan fingerprint density at radius 3 is 2.31 bits per heavy atom. The Kier molecular flexibility index (Phi) is 4.75. The first-order chi connectivity index (χ1) is 12.5. The molecule has 1 saturated heterocycles. The van der Waals surface area contributed by atoms with E-state index in [1.54, 1.807) is 0 Å². The minimum Gasteiger partial charge on any atom is -0.353 e. The largest absolute Gasteiger partial charge is 0.353 e. The van der Waals surface area contributed by atoms with Crippen LogP contribution in [0.15, 0.2) is 42.5 Å². The number of nitrogens with one attached hydrogen (secondary N) is 1. The van der Waals surface area contributed by atoms with Crippen LogP contribution in [0, 0.1) is 18.8 Å². The van der Waals surface area contributed by atoms with Crippen molar-refractivity contribution < 1.29 is 4.79 Å². The Morgan fingerprint density at radius 1 is 0.962 bits per heavy atom. The van der Waals surface area contributed by atoms with Crippen LogP contribution in [-0.4, -0.2) is 11.9 Å². The molecule has 2 aliphatic rings. The summed E-state index contributed by atoms with van der Waals surface area (Å²) in [5.74, 6) is 1.30. The molecule has 0 spiro atoms. The number of hydrogen-bond donors (Lipinski definition) is 1. The number of hydrogen-bond acceptors (Lipinski definition) is 1. The SMILES string of the molecule is Cc1cc(Cl)ccc1C1CCC2C(=O)NC(C)C2C1c1ccc(Cl)cc1. The number of rotatable bonds is 2. The van der Waals surface area contributed by atoms with Crippen molar-refractivity contribution in [3.05, 3.63) is 69.2 Å². The highest BCUT2D eigenvalue weighted by Crippen LogP contribution is 2.53. The highest BCUT2D eigenvalue weighted by Gasteiger charge is 2.50. The van der Waals surface area contributed by atoms with Crippen LogP contribution < -0.4 is 5.32 Å². The summed E-state index contributed by atoms with van der Waals surface area (Å²) < 4.78 is 0. The van der Waals surface area contributed by atoms with Crippen LogP contribution in [-0.2, 0) is 4.79 Å². The van der Waals surface area contributed by atoms with Gasteiger partial charge in [-0.05, 0) is 85.4 Å². The van der Waals surface area contributed by atoms with Gasteiger partial charge in [0.05, 0.1) is 0 Å². The van der Waals surface area contributed by atoms with Crippen LogP contribution in [0.2, 0.25) is 10.0 Å². The molecule has 0 radical (unpaired) electrons. The molecule has 5 atom stereocenters. The maximum Gasteiger partial charge on any atom is 0.223 e. The van der Waals surface area contributed by atoms with Crippen molar-refractivity contribution >= 4 is 29.1 Å².